The van der Waals surface area contributed by atoms with Gasteiger partial charge in [-0.1, -0.05) is 103 Å². The lowest BCUT2D eigenvalue weighted by Gasteiger charge is -2.27. The highest BCUT2D eigenvalue weighted by molar-refractivity contribution is 8.15. The van der Waals surface area contributed by atoms with Crippen LogP contribution in [0.5, 0.6) is 0 Å². The first-order valence-electron chi connectivity index (χ1n) is 14.6. The minimum absolute atomic E-state index is 0.0121. The second-order valence-corrected chi connectivity index (χ2v) is 11.7. The average Bonchev–Trinajstić information content (AvgIpc) is 3.70. The van der Waals surface area contributed by atoms with Gasteiger partial charge in [-0.05, 0) is 35.0 Å². The number of amides is 3. The van der Waals surface area contributed by atoms with E-state index < -0.39 is 17.4 Å². The maximum absolute atomic E-state index is 14.6. The number of carbonyl (C=O) groups excluding carboxylic acids is 3. The summed E-state index contributed by atoms with van der Waals surface area (Å²) >= 11 is 1.37. The van der Waals surface area contributed by atoms with E-state index in [1.54, 1.807) is 29.2 Å². The molecule has 4 heterocycles. The van der Waals surface area contributed by atoms with Crippen molar-refractivity contribution in [3.8, 4) is 11.3 Å². The molecule has 0 bridgehead atoms. The van der Waals surface area contributed by atoms with Crippen LogP contribution in [-0.2, 0) is 15.2 Å². The van der Waals surface area contributed by atoms with E-state index in [0.29, 0.717) is 27.8 Å². The fourth-order valence-corrected chi connectivity index (χ4v) is 6.99. The molecule has 0 spiro atoms. The van der Waals surface area contributed by atoms with Gasteiger partial charge in [-0.2, -0.15) is 4.98 Å². The number of hydrogen-bond acceptors (Lipinski definition) is 9. The average molecular weight is 625 g/mol. The van der Waals surface area contributed by atoms with Crippen molar-refractivity contribution >= 4 is 46.4 Å². The normalized spacial score (nSPS) is 15.9. The van der Waals surface area contributed by atoms with Gasteiger partial charge in [-0.15, -0.1) is 5.06 Å². The number of amidine groups is 1. The number of carbonyl (C=O) groups is 3. The molecule has 11 heteroatoms. The van der Waals surface area contributed by atoms with Gasteiger partial charge in [0, 0.05) is 12.1 Å². The van der Waals surface area contributed by atoms with Gasteiger partial charge in [0.05, 0.1) is 28.3 Å². The molecule has 224 valence electrons. The summed E-state index contributed by atoms with van der Waals surface area (Å²) in [5.41, 5.74) is 2.37. The van der Waals surface area contributed by atoms with Crippen molar-refractivity contribution in [3.05, 3.63) is 138 Å². The first-order valence-corrected chi connectivity index (χ1v) is 15.4. The molecule has 8 rings (SSSR count). The standard InChI is InChI=1S/C35H24N6O4S/c42-30-25-18-10-11-19-26(25)31(43)41(30)45-21-20-36-33-37-27(22-12-4-1-5-13-22)28-29(38-33)40-32(44)35(39-34(40)46-28,23-14-6-2-7-15-23)24-16-8-3-9-17-24/h1-19H,20-21H2,(H,36,37,38). The van der Waals surface area contributed by atoms with E-state index in [0.717, 1.165) is 26.6 Å². The van der Waals surface area contributed by atoms with E-state index in [1.807, 2.05) is 91.0 Å². The number of hydrogen-bond donors (Lipinski definition) is 1. The number of fused-ring (bicyclic) bond motifs is 4. The van der Waals surface area contributed by atoms with Gasteiger partial charge in [0.15, 0.2) is 16.5 Å². The van der Waals surface area contributed by atoms with Crippen LogP contribution in [0, 0.1) is 0 Å². The molecule has 0 saturated carbocycles. The lowest BCUT2D eigenvalue weighted by atomic mass is 9.83. The molecule has 0 saturated heterocycles. The summed E-state index contributed by atoms with van der Waals surface area (Å²) in [6.07, 6.45) is 0. The number of nitrogens with one attached hydrogen (secondary N) is 1. The molecule has 0 radical (unpaired) electrons. The molecule has 3 amide bonds. The molecule has 10 nitrogen and oxygen atoms in total. The van der Waals surface area contributed by atoms with Crippen LogP contribution in [0.25, 0.3) is 11.3 Å². The smallest absolute Gasteiger partial charge is 0.285 e. The number of nitrogens with zero attached hydrogens (tertiary/aromatic N) is 5. The van der Waals surface area contributed by atoms with Crippen molar-refractivity contribution < 1.29 is 19.2 Å². The molecule has 46 heavy (non-hydrogen) atoms. The Kier molecular flexibility index (Phi) is 6.70. The zero-order valence-corrected chi connectivity index (χ0v) is 25.0. The fraction of sp³-hybridized carbons (Fsp3) is 0.0857. The topological polar surface area (TPSA) is 117 Å². The number of anilines is 2. The largest absolute Gasteiger partial charge is 0.352 e. The van der Waals surface area contributed by atoms with Gasteiger partial charge in [0.25, 0.3) is 17.7 Å². The third-order valence-corrected chi connectivity index (χ3v) is 9.05. The number of imide groups is 1. The summed E-state index contributed by atoms with van der Waals surface area (Å²) in [4.78, 5) is 62.6. The molecule has 3 aliphatic heterocycles. The number of benzene rings is 4. The van der Waals surface area contributed by atoms with Crippen LogP contribution in [0.4, 0.5) is 11.8 Å². The van der Waals surface area contributed by atoms with Gasteiger partial charge in [0.1, 0.15) is 0 Å². The molecule has 5 aromatic rings. The molecule has 0 aliphatic carbocycles. The maximum Gasteiger partial charge on any atom is 0.285 e. The zero-order valence-electron chi connectivity index (χ0n) is 24.2. The summed E-state index contributed by atoms with van der Waals surface area (Å²) in [6, 6.07) is 35.4. The molecule has 0 fully saturated rings. The first kappa shape index (κ1) is 27.9. The number of thioether (sulfide) groups is 1. The van der Waals surface area contributed by atoms with Crippen LogP contribution in [0.15, 0.2) is 125 Å². The van der Waals surface area contributed by atoms with Crippen molar-refractivity contribution in [2.75, 3.05) is 23.4 Å². The highest BCUT2D eigenvalue weighted by Gasteiger charge is 2.55. The van der Waals surface area contributed by atoms with E-state index >= 15 is 0 Å². The lowest BCUT2D eigenvalue weighted by Crippen LogP contribution is -2.41. The Hall–Kier alpha value is -5.65. The van der Waals surface area contributed by atoms with Crippen LogP contribution < -0.4 is 10.2 Å². The summed E-state index contributed by atoms with van der Waals surface area (Å²) in [6.45, 7) is 0.169. The number of hydroxylamine groups is 2. The summed E-state index contributed by atoms with van der Waals surface area (Å²) in [5, 5.41) is 4.45. The number of aromatic nitrogens is 2. The second-order valence-electron chi connectivity index (χ2n) is 10.7. The van der Waals surface area contributed by atoms with Crippen molar-refractivity contribution in [2.24, 2.45) is 4.99 Å². The Labute approximate surface area is 267 Å². The zero-order chi connectivity index (χ0) is 31.3. The van der Waals surface area contributed by atoms with Crippen LogP contribution >= 0.6 is 11.8 Å². The Morgan fingerprint density at radius 3 is 1.89 bits per heavy atom. The van der Waals surface area contributed by atoms with Crippen LogP contribution in [-0.4, -0.2) is 51.1 Å². The van der Waals surface area contributed by atoms with Crippen molar-refractivity contribution in [3.63, 3.8) is 0 Å². The summed E-state index contributed by atoms with van der Waals surface area (Å²) in [5.74, 6) is -0.547. The molecule has 0 unspecified atom stereocenters. The molecule has 4 aromatic carbocycles. The first-order chi connectivity index (χ1) is 22.6. The Morgan fingerprint density at radius 2 is 1.28 bits per heavy atom. The van der Waals surface area contributed by atoms with Crippen LogP contribution in [0.1, 0.15) is 31.8 Å². The van der Waals surface area contributed by atoms with Crippen LogP contribution in [0.3, 0.4) is 0 Å². The Balaban J connectivity index is 1.11. The third kappa shape index (κ3) is 4.31. The van der Waals surface area contributed by atoms with Crippen molar-refractivity contribution in [1.82, 2.24) is 15.0 Å². The van der Waals surface area contributed by atoms with Crippen LogP contribution in [0.2, 0.25) is 0 Å². The van der Waals surface area contributed by atoms with Crippen molar-refractivity contribution in [1.29, 1.82) is 0 Å². The summed E-state index contributed by atoms with van der Waals surface area (Å²) < 4.78 is 0. The Morgan fingerprint density at radius 1 is 0.717 bits per heavy atom. The molecular formula is C35H24N6O4S. The van der Waals surface area contributed by atoms with Gasteiger partial charge >= 0.3 is 0 Å². The van der Waals surface area contributed by atoms with E-state index in [9.17, 15) is 14.4 Å². The quantitative estimate of drug-likeness (QED) is 0.177. The van der Waals surface area contributed by atoms with Gasteiger partial charge < -0.3 is 5.32 Å². The lowest BCUT2D eigenvalue weighted by molar-refractivity contribution is -0.120. The molecule has 1 aromatic heterocycles. The molecule has 0 atom stereocenters. The fourth-order valence-electron chi connectivity index (χ4n) is 5.88. The maximum atomic E-state index is 14.6. The van der Waals surface area contributed by atoms with Gasteiger partial charge in [-0.3, -0.25) is 19.2 Å². The van der Waals surface area contributed by atoms with Gasteiger partial charge in [-0.25, -0.2) is 14.9 Å². The van der Waals surface area contributed by atoms with E-state index in [2.05, 4.69) is 5.32 Å². The number of rotatable bonds is 8. The Bertz CT molecular complexity index is 1980. The highest BCUT2D eigenvalue weighted by atomic mass is 32.2. The highest BCUT2D eigenvalue weighted by Crippen LogP contribution is 2.52. The minimum Gasteiger partial charge on any atom is -0.352 e. The third-order valence-electron chi connectivity index (χ3n) is 8.01. The number of aliphatic imine (C=N–C) groups is 1. The SMILES string of the molecule is O=C1c2ccccc2C(=O)N1OCCNc1nc(-c2ccccc2)c2c(n1)N1C(=O)C(c3ccccc3)(c3ccccc3)N=C1S2. The van der Waals surface area contributed by atoms with Crippen molar-refractivity contribution in [2.45, 2.75) is 10.4 Å². The molecule has 3 aliphatic rings. The minimum atomic E-state index is -1.27. The van der Waals surface area contributed by atoms with Gasteiger partial charge in [0.2, 0.25) is 5.95 Å². The second kappa shape index (κ2) is 11.1. The monoisotopic (exact) mass is 624 g/mol. The van der Waals surface area contributed by atoms with E-state index in [4.69, 9.17) is 19.8 Å². The molecular weight excluding hydrogens is 600 g/mol. The molecule has 1 N–H and O–H groups in total. The predicted molar refractivity (Wildman–Crippen MR) is 173 cm³/mol. The van der Waals surface area contributed by atoms with E-state index in [1.165, 1.54) is 11.8 Å². The predicted octanol–water partition coefficient (Wildman–Crippen LogP) is 5.54. The summed E-state index contributed by atoms with van der Waals surface area (Å²) in [7, 11) is 0. The van der Waals surface area contributed by atoms with E-state index in [-0.39, 0.29) is 25.0 Å².